The van der Waals surface area contributed by atoms with Gasteiger partial charge in [0.2, 0.25) is 5.95 Å². The number of hydrogen-bond acceptors (Lipinski definition) is 6. The number of carbonyl (C=O) groups is 1. The molecule has 2 heterocycles. The lowest BCUT2D eigenvalue weighted by Gasteiger charge is -2.37. The second-order valence-electron chi connectivity index (χ2n) is 8.44. The molecule has 0 atom stereocenters. The molecule has 0 radical (unpaired) electrons. The summed E-state index contributed by atoms with van der Waals surface area (Å²) in [5, 5.41) is 1.19. The van der Waals surface area contributed by atoms with Crippen LogP contribution in [0.2, 0.25) is 5.02 Å². The highest BCUT2D eigenvalue weighted by atomic mass is 35.5. The Kier molecular flexibility index (Phi) is 6.42. The first-order chi connectivity index (χ1) is 17.0. The van der Waals surface area contributed by atoms with Crippen LogP contribution in [0.25, 0.3) is 10.9 Å². The number of carbonyl (C=O) groups excluding carboxylic acids is 1. The van der Waals surface area contributed by atoms with E-state index in [-0.39, 0.29) is 5.56 Å². The van der Waals surface area contributed by atoms with E-state index in [1.807, 2.05) is 54.6 Å². The van der Waals surface area contributed by atoms with Gasteiger partial charge in [-0.2, -0.15) is 0 Å². The van der Waals surface area contributed by atoms with Crippen LogP contribution in [-0.4, -0.2) is 48.8 Å². The lowest BCUT2D eigenvalue weighted by molar-refractivity contribution is 0.0601. The number of ether oxygens (including phenoxy) is 1. The topological polar surface area (TPSA) is 67.7 Å². The van der Waals surface area contributed by atoms with Crippen LogP contribution in [0.4, 0.5) is 11.6 Å². The minimum absolute atomic E-state index is 0.140. The lowest BCUT2D eigenvalue weighted by atomic mass is 10.1. The van der Waals surface area contributed by atoms with Crippen molar-refractivity contribution < 1.29 is 9.53 Å². The van der Waals surface area contributed by atoms with Gasteiger partial charge in [0.1, 0.15) is 0 Å². The van der Waals surface area contributed by atoms with Gasteiger partial charge in [0, 0.05) is 26.2 Å². The predicted octanol–water partition coefficient (Wildman–Crippen LogP) is 4.21. The molecule has 8 heteroatoms. The maximum absolute atomic E-state index is 13.6. The molecule has 5 rings (SSSR count). The molecule has 4 aromatic rings. The number of methoxy groups -OCH3 is 1. The minimum Gasteiger partial charge on any atom is -0.465 e. The van der Waals surface area contributed by atoms with Gasteiger partial charge in [0.05, 0.1) is 40.8 Å². The number of nitrogens with zero attached hydrogens (tertiary/aromatic N) is 4. The zero-order valence-electron chi connectivity index (χ0n) is 19.4. The number of benzene rings is 3. The first kappa shape index (κ1) is 22.9. The number of halogens is 1. The normalized spacial score (nSPS) is 13.8. The molecular formula is C27H25ClN4O3. The number of fused-ring (bicyclic) bond motifs is 1. The van der Waals surface area contributed by atoms with Gasteiger partial charge in [-0.05, 0) is 35.9 Å². The quantitative estimate of drug-likeness (QED) is 0.392. The Bertz CT molecular complexity index is 1430. The van der Waals surface area contributed by atoms with Crippen LogP contribution < -0.4 is 15.4 Å². The number of piperazine rings is 1. The van der Waals surface area contributed by atoms with Crippen LogP contribution in [0.3, 0.4) is 0 Å². The van der Waals surface area contributed by atoms with Gasteiger partial charge in [-0.3, -0.25) is 9.36 Å². The summed E-state index contributed by atoms with van der Waals surface area (Å²) < 4.78 is 6.57. The van der Waals surface area contributed by atoms with E-state index < -0.39 is 5.97 Å². The lowest BCUT2D eigenvalue weighted by Crippen LogP contribution is -2.48. The fourth-order valence-electron chi connectivity index (χ4n) is 4.46. The van der Waals surface area contributed by atoms with Crippen LogP contribution in [0, 0.1) is 0 Å². The van der Waals surface area contributed by atoms with E-state index in [0.717, 1.165) is 29.4 Å². The summed E-state index contributed by atoms with van der Waals surface area (Å²) in [6.45, 7) is 3.24. The van der Waals surface area contributed by atoms with Gasteiger partial charge < -0.3 is 14.5 Å². The third-order valence-electron chi connectivity index (χ3n) is 6.30. The number of esters is 1. The summed E-state index contributed by atoms with van der Waals surface area (Å²) in [5.74, 6) is 0.129. The number of rotatable bonds is 5. The summed E-state index contributed by atoms with van der Waals surface area (Å²) >= 11 is 6.41. The Hall–Kier alpha value is -3.84. The molecule has 35 heavy (non-hydrogen) atoms. The SMILES string of the molecule is COC(=O)c1ccc2c(=O)n(Cc3ccccc3)c(N3CCN(c4ccccc4Cl)CC3)nc2c1. The summed E-state index contributed by atoms with van der Waals surface area (Å²) in [4.78, 5) is 35.0. The van der Waals surface area contributed by atoms with Crippen molar-refractivity contribution in [3.63, 3.8) is 0 Å². The van der Waals surface area contributed by atoms with Gasteiger partial charge in [-0.15, -0.1) is 0 Å². The molecule has 0 bridgehead atoms. The molecule has 1 saturated heterocycles. The molecule has 0 unspecified atom stereocenters. The highest BCUT2D eigenvalue weighted by Crippen LogP contribution is 2.27. The number of para-hydroxylation sites is 1. The number of hydrogen-bond donors (Lipinski definition) is 0. The van der Waals surface area contributed by atoms with Crippen LogP contribution in [0.5, 0.6) is 0 Å². The molecule has 0 amide bonds. The molecule has 1 aromatic heterocycles. The summed E-state index contributed by atoms with van der Waals surface area (Å²) in [5.41, 5.74) is 2.72. The second-order valence-corrected chi connectivity index (χ2v) is 8.84. The Labute approximate surface area is 208 Å². The average molecular weight is 489 g/mol. The number of aromatic nitrogens is 2. The Morgan fingerprint density at radius 2 is 1.63 bits per heavy atom. The van der Waals surface area contributed by atoms with Gasteiger partial charge in [-0.25, -0.2) is 9.78 Å². The van der Waals surface area contributed by atoms with Crippen LogP contribution in [-0.2, 0) is 11.3 Å². The van der Waals surface area contributed by atoms with Crippen molar-refractivity contribution in [3.8, 4) is 0 Å². The van der Waals surface area contributed by atoms with Crippen molar-refractivity contribution in [2.75, 3.05) is 43.1 Å². The van der Waals surface area contributed by atoms with Gasteiger partial charge in [-0.1, -0.05) is 54.1 Å². The van der Waals surface area contributed by atoms with Crippen molar-refractivity contribution in [3.05, 3.63) is 99.3 Å². The second kappa shape index (κ2) is 9.80. The van der Waals surface area contributed by atoms with E-state index in [1.165, 1.54) is 7.11 Å². The predicted molar refractivity (Wildman–Crippen MR) is 139 cm³/mol. The fraction of sp³-hybridized carbons (Fsp3) is 0.222. The molecule has 0 saturated carbocycles. The Morgan fingerprint density at radius 3 is 2.34 bits per heavy atom. The maximum Gasteiger partial charge on any atom is 0.337 e. The zero-order valence-corrected chi connectivity index (χ0v) is 20.1. The number of anilines is 2. The van der Waals surface area contributed by atoms with E-state index in [1.54, 1.807) is 22.8 Å². The molecule has 1 aliphatic heterocycles. The molecule has 1 aliphatic rings. The Balaban J connectivity index is 1.54. The smallest absolute Gasteiger partial charge is 0.337 e. The molecule has 7 nitrogen and oxygen atoms in total. The Morgan fingerprint density at radius 1 is 0.943 bits per heavy atom. The standard InChI is InChI=1S/C27H25ClN4O3/c1-35-26(34)20-11-12-21-23(17-20)29-27(32(25(21)33)18-19-7-3-2-4-8-19)31-15-13-30(14-16-31)24-10-6-5-9-22(24)28/h2-12,17H,13-16,18H2,1H3. The first-order valence-corrected chi connectivity index (χ1v) is 11.8. The van der Waals surface area contributed by atoms with E-state index in [4.69, 9.17) is 21.3 Å². The van der Waals surface area contributed by atoms with Crippen molar-refractivity contribution in [2.45, 2.75) is 6.54 Å². The molecule has 0 N–H and O–H groups in total. The molecule has 0 spiro atoms. The van der Waals surface area contributed by atoms with Gasteiger partial charge in [0.15, 0.2) is 0 Å². The highest BCUT2D eigenvalue weighted by molar-refractivity contribution is 6.33. The van der Waals surface area contributed by atoms with Crippen molar-refractivity contribution in [1.82, 2.24) is 9.55 Å². The van der Waals surface area contributed by atoms with Crippen LogP contribution in [0.1, 0.15) is 15.9 Å². The van der Waals surface area contributed by atoms with Crippen molar-refractivity contribution in [1.29, 1.82) is 0 Å². The molecule has 1 fully saturated rings. The first-order valence-electron chi connectivity index (χ1n) is 11.5. The van der Waals surface area contributed by atoms with Crippen molar-refractivity contribution in [2.24, 2.45) is 0 Å². The van der Waals surface area contributed by atoms with Crippen molar-refractivity contribution >= 4 is 40.1 Å². The fourth-order valence-corrected chi connectivity index (χ4v) is 4.71. The monoisotopic (exact) mass is 488 g/mol. The van der Waals surface area contributed by atoms with E-state index in [2.05, 4.69) is 9.80 Å². The average Bonchev–Trinajstić information content (AvgIpc) is 2.90. The highest BCUT2D eigenvalue weighted by Gasteiger charge is 2.24. The van der Waals surface area contributed by atoms with Gasteiger partial charge >= 0.3 is 5.97 Å². The summed E-state index contributed by atoms with van der Waals surface area (Å²) in [6, 6.07) is 22.6. The van der Waals surface area contributed by atoms with E-state index in [9.17, 15) is 9.59 Å². The molecule has 0 aliphatic carbocycles. The van der Waals surface area contributed by atoms with Gasteiger partial charge in [0.25, 0.3) is 5.56 Å². The molecule has 178 valence electrons. The molecular weight excluding hydrogens is 464 g/mol. The van der Waals surface area contributed by atoms with E-state index >= 15 is 0 Å². The minimum atomic E-state index is -0.461. The zero-order chi connectivity index (χ0) is 24.4. The maximum atomic E-state index is 13.6. The van der Waals surface area contributed by atoms with E-state index in [0.29, 0.717) is 42.0 Å². The largest absolute Gasteiger partial charge is 0.465 e. The van der Waals surface area contributed by atoms with Crippen LogP contribution in [0.15, 0.2) is 77.6 Å². The molecule has 3 aromatic carbocycles. The third kappa shape index (κ3) is 4.59. The van der Waals surface area contributed by atoms with Crippen LogP contribution >= 0.6 is 11.6 Å². The summed E-state index contributed by atoms with van der Waals surface area (Å²) in [6.07, 6.45) is 0. The third-order valence-corrected chi connectivity index (χ3v) is 6.62. The summed E-state index contributed by atoms with van der Waals surface area (Å²) in [7, 11) is 1.34.